The second-order valence-electron chi connectivity index (χ2n) is 9.03. The lowest BCUT2D eigenvalue weighted by Gasteiger charge is -2.17. The molecule has 0 atom stereocenters. The number of nitrogen functional groups attached to an aromatic ring is 1. The Labute approximate surface area is 191 Å². The van der Waals surface area contributed by atoms with E-state index >= 15 is 0 Å². The summed E-state index contributed by atoms with van der Waals surface area (Å²) in [5.74, 6) is 2.51. The molecule has 0 spiro atoms. The smallest absolute Gasteiger partial charge is 0.191 e. The second kappa shape index (κ2) is 11.2. The van der Waals surface area contributed by atoms with Crippen LogP contribution in [-0.4, -0.2) is 39.1 Å². The zero-order valence-corrected chi connectivity index (χ0v) is 20.3. The number of hydrogen-bond donors (Lipinski definition) is 3. The molecule has 2 heterocycles. The van der Waals surface area contributed by atoms with Crippen LogP contribution < -0.4 is 16.4 Å². The number of anilines is 1. The van der Waals surface area contributed by atoms with Crippen LogP contribution in [0.1, 0.15) is 66.1 Å². The molecule has 0 bridgehead atoms. The third-order valence-corrected chi connectivity index (χ3v) is 5.35. The maximum absolute atomic E-state index is 6.30. The van der Waals surface area contributed by atoms with Crippen molar-refractivity contribution < 1.29 is 0 Å². The predicted octanol–water partition coefficient (Wildman–Crippen LogP) is 4.64. The topological polar surface area (TPSA) is 93.2 Å². The molecule has 174 valence electrons. The number of imidazole rings is 1. The van der Waals surface area contributed by atoms with Gasteiger partial charge in [-0.3, -0.25) is 4.99 Å². The normalized spacial score (nSPS) is 11.6. The molecule has 0 fully saturated rings. The molecule has 0 unspecified atom stereocenters. The molecule has 3 aromatic rings. The van der Waals surface area contributed by atoms with Crippen LogP contribution >= 0.6 is 0 Å². The van der Waals surface area contributed by atoms with E-state index in [9.17, 15) is 0 Å². The minimum absolute atomic E-state index is 0.353. The van der Waals surface area contributed by atoms with Gasteiger partial charge in [0.05, 0.1) is 11.0 Å². The minimum Gasteiger partial charge on any atom is -0.382 e. The van der Waals surface area contributed by atoms with Crippen molar-refractivity contribution in [3.8, 4) is 0 Å². The molecule has 2 aromatic heterocycles. The number of hydrogen-bond acceptors (Lipinski definition) is 4. The van der Waals surface area contributed by atoms with E-state index in [2.05, 4.69) is 66.9 Å². The lowest BCUT2D eigenvalue weighted by Crippen LogP contribution is -2.44. The highest BCUT2D eigenvalue weighted by Gasteiger charge is 2.16. The molecular weight excluding hydrogens is 398 g/mol. The molecule has 0 aliphatic carbocycles. The lowest BCUT2D eigenvalue weighted by atomic mass is 10.2. The molecule has 7 nitrogen and oxygen atoms in total. The van der Waals surface area contributed by atoms with Crippen LogP contribution in [-0.2, 0) is 13.0 Å². The van der Waals surface area contributed by atoms with E-state index in [0.29, 0.717) is 17.9 Å². The molecule has 0 amide bonds. The van der Waals surface area contributed by atoms with E-state index in [1.54, 1.807) is 0 Å². The fourth-order valence-electron chi connectivity index (χ4n) is 3.92. The number of para-hydroxylation sites is 1. The molecule has 4 N–H and O–H groups in total. The van der Waals surface area contributed by atoms with Gasteiger partial charge in [-0.25, -0.2) is 9.97 Å². The Morgan fingerprint density at radius 2 is 1.75 bits per heavy atom. The van der Waals surface area contributed by atoms with Gasteiger partial charge in [0.15, 0.2) is 11.8 Å². The van der Waals surface area contributed by atoms with Gasteiger partial charge in [-0.05, 0) is 53.0 Å². The molecule has 7 heteroatoms. The number of aromatic nitrogens is 3. The van der Waals surface area contributed by atoms with E-state index in [-0.39, 0.29) is 0 Å². The van der Waals surface area contributed by atoms with Gasteiger partial charge in [-0.1, -0.05) is 31.5 Å². The van der Waals surface area contributed by atoms with Crippen LogP contribution in [0.25, 0.3) is 21.9 Å². The van der Waals surface area contributed by atoms with Crippen LogP contribution in [0.3, 0.4) is 0 Å². The van der Waals surface area contributed by atoms with Crippen molar-refractivity contribution in [3.63, 3.8) is 0 Å². The van der Waals surface area contributed by atoms with Gasteiger partial charge in [0.1, 0.15) is 11.3 Å². The first-order valence-electron chi connectivity index (χ1n) is 12.0. The first-order chi connectivity index (χ1) is 15.4. The Kier molecular flexibility index (Phi) is 8.31. The monoisotopic (exact) mass is 437 g/mol. The van der Waals surface area contributed by atoms with Crippen molar-refractivity contribution in [1.29, 1.82) is 0 Å². The highest BCUT2D eigenvalue weighted by molar-refractivity contribution is 6.06. The average molecular weight is 438 g/mol. The largest absolute Gasteiger partial charge is 0.382 e. The standard InChI is InChI=1S/C25H39N7/c1-6-7-14-21-31-22-23(19-12-8-9-13-20(19)30-24(22)26)32(21)16-11-10-15-27-25(28-17(2)3)29-18(4)5/h8-9,12-13,17-18H,6-7,10-11,14-16H2,1-5H3,(H2,26,30)(H2,27,28,29). The van der Waals surface area contributed by atoms with Gasteiger partial charge >= 0.3 is 0 Å². The molecule has 0 saturated heterocycles. The number of nitrogens with zero attached hydrogens (tertiary/aromatic N) is 4. The fourth-order valence-corrected chi connectivity index (χ4v) is 3.92. The van der Waals surface area contributed by atoms with Crippen molar-refractivity contribution in [2.75, 3.05) is 12.3 Å². The van der Waals surface area contributed by atoms with Crippen LogP contribution in [0.4, 0.5) is 5.82 Å². The summed E-state index contributed by atoms with van der Waals surface area (Å²) in [4.78, 5) is 14.3. The number of aliphatic imine (C=N–C) groups is 1. The molecule has 0 aliphatic heterocycles. The van der Waals surface area contributed by atoms with E-state index in [4.69, 9.17) is 15.7 Å². The summed E-state index contributed by atoms with van der Waals surface area (Å²) in [7, 11) is 0. The molecule has 0 saturated carbocycles. The minimum atomic E-state index is 0.353. The number of rotatable bonds is 10. The third-order valence-electron chi connectivity index (χ3n) is 5.35. The highest BCUT2D eigenvalue weighted by atomic mass is 15.2. The van der Waals surface area contributed by atoms with E-state index in [1.165, 1.54) is 0 Å². The van der Waals surface area contributed by atoms with Gasteiger partial charge < -0.3 is 20.9 Å². The Morgan fingerprint density at radius 1 is 1.03 bits per heavy atom. The van der Waals surface area contributed by atoms with Gasteiger partial charge in [0.2, 0.25) is 0 Å². The molecule has 0 aliphatic rings. The number of pyridine rings is 1. The number of unbranched alkanes of at least 4 members (excludes halogenated alkanes) is 2. The van der Waals surface area contributed by atoms with Crippen molar-refractivity contribution in [2.24, 2.45) is 4.99 Å². The first-order valence-corrected chi connectivity index (χ1v) is 12.0. The number of guanidine groups is 1. The number of fused-ring (bicyclic) bond motifs is 3. The average Bonchev–Trinajstić information content (AvgIpc) is 3.10. The molecule has 3 rings (SSSR count). The summed E-state index contributed by atoms with van der Waals surface area (Å²) in [6.07, 6.45) is 5.25. The zero-order valence-electron chi connectivity index (χ0n) is 20.3. The van der Waals surface area contributed by atoms with E-state index < -0.39 is 0 Å². The lowest BCUT2D eigenvalue weighted by molar-refractivity contribution is 0.590. The number of aryl methyl sites for hydroxylation is 2. The van der Waals surface area contributed by atoms with E-state index in [1.807, 2.05) is 12.1 Å². The predicted molar refractivity (Wildman–Crippen MR) is 136 cm³/mol. The highest BCUT2D eigenvalue weighted by Crippen LogP contribution is 2.29. The molecule has 0 radical (unpaired) electrons. The van der Waals surface area contributed by atoms with Gasteiger partial charge in [0, 0.05) is 37.0 Å². The van der Waals surface area contributed by atoms with Crippen molar-refractivity contribution in [3.05, 3.63) is 30.1 Å². The number of nitrogens with one attached hydrogen (secondary N) is 2. The maximum Gasteiger partial charge on any atom is 0.191 e. The summed E-state index contributed by atoms with van der Waals surface area (Å²) in [6.45, 7) is 12.4. The summed E-state index contributed by atoms with van der Waals surface area (Å²) >= 11 is 0. The second-order valence-corrected chi connectivity index (χ2v) is 9.03. The van der Waals surface area contributed by atoms with Crippen LogP contribution in [0.5, 0.6) is 0 Å². The summed E-state index contributed by atoms with van der Waals surface area (Å²) < 4.78 is 2.37. The Bertz CT molecular complexity index is 1040. The molecular formula is C25H39N7. The first kappa shape index (κ1) is 23.8. The quantitative estimate of drug-likeness (QED) is 0.244. The summed E-state index contributed by atoms with van der Waals surface area (Å²) in [5, 5.41) is 7.92. The van der Waals surface area contributed by atoms with Crippen molar-refractivity contribution in [2.45, 2.75) is 85.4 Å². The van der Waals surface area contributed by atoms with Gasteiger partial charge in [-0.15, -0.1) is 0 Å². The van der Waals surface area contributed by atoms with Gasteiger partial charge in [-0.2, -0.15) is 0 Å². The Morgan fingerprint density at radius 3 is 2.44 bits per heavy atom. The number of benzene rings is 1. The molecule has 1 aromatic carbocycles. The van der Waals surface area contributed by atoms with E-state index in [0.717, 1.165) is 78.9 Å². The SMILES string of the molecule is CCCCc1nc2c(N)nc3ccccc3c2n1CCCCN=C(NC(C)C)NC(C)C. The number of nitrogens with two attached hydrogens (primary N) is 1. The Balaban J connectivity index is 1.80. The van der Waals surface area contributed by atoms with Crippen molar-refractivity contribution in [1.82, 2.24) is 25.2 Å². The summed E-state index contributed by atoms with van der Waals surface area (Å²) in [6, 6.07) is 8.91. The van der Waals surface area contributed by atoms with Crippen LogP contribution in [0.15, 0.2) is 29.3 Å². The maximum atomic E-state index is 6.30. The Hall–Kier alpha value is -2.83. The zero-order chi connectivity index (χ0) is 23.1. The van der Waals surface area contributed by atoms with Gasteiger partial charge in [0.25, 0.3) is 0 Å². The van der Waals surface area contributed by atoms with Crippen LogP contribution in [0, 0.1) is 0 Å². The molecule has 32 heavy (non-hydrogen) atoms. The third kappa shape index (κ3) is 5.90. The van der Waals surface area contributed by atoms with Crippen molar-refractivity contribution >= 4 is 33.7 Å². The fraction of sp³-hybridized carbons (Fsp3) is 0.560. The van der Waals surface area contributed by atoms with Crippen LogP contribution in [0.2, 0.25) is 0 Å². The summed E-state index contributed by atoms with van der Waals surface area (Å²) in [5.41, 5.74) is 9.18.